The Morgan fingerprint density at radius 2 is 0.533 bits per heavy atom. The zero-order valence-electron chi connectivity index (χ0n) is 48.0. The number of ether oxygens (including phenoxy) is 3. The molecule has 420 valence electrons. The number of carbonyl (C=O) groups excluding carboxylic acids is 3. The van der Waals surface area contributed by atoms with Gasteiger partial charge in [0, 0.05) is 19.3 Å². The molecule has 0 spiro atoms. The molecule has 0 bridgehead atoms. The van der Waals surface area contributed by atoms with E-state index in [-0.39, 0.29) is 44.0 Å². The van der Waals surface area contributed by atoms with Gasteiger partial charge in [-0.3, -0.25) is 14.4 Å². The van der Waals surface area contributed by atoms with Crippen molar-refractivity contribution in [1.29, 1.82) is 0 Å². The van der Waals surface area contributed by atoms with Crippen LogP contribution in [0.15, 0.2) is 158 Å². The quantitative estimate of drug-likeness (QED) is 0.0261. The van der Waals surface area contributed by atoms with Gasteiger partial charge in [-0.2, -0.15) is 0 Å². The van der Waals surface area contributed by atoms with E-state index in [2.05, 4.69) is 179 Å². The van der Waals surface area contributed by atoms with Crippen LogP contribution in [-0.2, 0) is 28.6 Å². The Bertz CT molecular complexity index is 1710. The number of allylic oxidation sites excluding steroid dienone is 26. The lowest BCUT2D eigenvalue weighted by molar-refractivity contribution is -0.167. The summed E-state index contributed by atoms with van der Waals surface area (Å²) < 4.78 is 16.8. The molecule has 0 saturated heterocycles. The summed E-state index contributed by atoms with van der Waals surface area (Å²) in [5.74, 6) is -1.03. The molecule has 0 aliphatic heterocycles. The summed E-state index contributed by atoms with van der Waals surface area (Å²) in [6, 6.07) is 0. The second-order valence-corrected chi connectivity index (χ2v) is 19.1. The van der Waals surface area contributed by atoms with Crippen molar-refractivity contribution in [3.63, 3.8) is 0 Å². The summed E-state index contributed by atoms with van der Waals surface area (Å²) in [6.07, 6.45) is 89.6. The molecule has 0 radical (unpaired) electrons. The topological polar surface area (TPSA) is 78.9 Å². The van der Waals surface area contributed by atoms with Gasteiger partial charge in [-0.15, -0.1) is 0 Å². The number of rotatable bonds is 52. The molecule has 0 amide bonds. The van der Waals surface area contributed by atoms with Crippen molar-refractivity contribution >= 4 is 17.9 Å². The minimum atomic E-state index is -0.830. The predicted molar refractivity (Wildman–Crippen MR) is 325 cm³/mol. The maximum atomic E-state index is 12.9. The molecule has 75 heavy (non-hydrogen) atoms. The van der Waals surface area contributed by atoms with Gasteiger partial charge in [0.2, 0.25) is 0 Å². The average molecular weight is 1030 g/mol. The third-order valence-corrected chi connectivity index (χ3v) is 12.0. The van der Waals surface area contributed by atoms with Crippen LogP contribution in [0.4, 0.5) is 0 Å². The highest BCUT2D eigenvalue weighted by molar-refractivity contribution is 5.71. The van der Waals surface area contributed by atoms with Crippen LogP contribution in [0.1, 0.15) is 239 Å². The van der Waals surface area contributed by atoms with E-state index in [9.17, 15) is 14.4 Å². The van der Waals surface area contributed by atoms with Gasteiger partial charge in [-0.1, -0.05) is 237 Å². The average Bonchev–Trinajstić information content (AvgIpc) is 3.41. The van der Waals surface area contributed by atoms with Gasteiger partial charge in [-0.25, -0.2) is 0 Å². The number of hydrogen-bond acceptors (Lipinski definition) is 6. The summed E-state index contributed by atoms with van der Waals surface area (Å²) in [7, 11) is 0. The number of hydrogen-bond donors (Lipinski definition) is 0. The first-order valence-corrected chi connectivity index (χ1v) is 30.0. The van der Waals surface area contributed by atoms with Crippen LogP contribution in [0.3, 0.4) is 0 Å². The smallest absolute Gasteiger partial charge is 0.306 e. The third-order valence-electron chi connectivity index (χ3n) is 12.0. The first kappa shape index (κ1) is 70.0. The van der Waals surface area contributed by atoms with Crippen LogP contribution >= 0.6 is 0 Å². The third kappa shape index (κ3) is 59.8. The first-order chi connectivity index (χ1) is 37.0. The standard InChI is InChI=1S/C69H108O6/c1-4-7-10-13-16-19-22-25-27-29-31-33-34-36-37-39-41-44-47-50-53-56-59-62-68(71)74-65-66(64-73-67(70)61-58-55-52-49-46-43-24-21-18-15-12-9-6-3)75-69(72)63-60-57-54-51-48-45-42-40-38-35-32-30-28-26-23-20-17-14-11-8-5-2/h7,9-10,12,16,18-19,21,23,25-27,30-33,36-38,40-41,43-44,46,50,53,66H,4-6,8,11,13-15,17,20,22,24,28-29,34-35,39,42,45,47-49,51-52,54-65H2,1-3H3/b10-7-,12-9-,19-16-,21-18-,26-23-,27-25-,32-30-,33-31-,37-36-,40-38-,44-41-,46-43-,53-50-. The zero-order valence-corrected chi connectivity index (χ0v) is 48.0. The van der Waals surface area contributed by atoms with E-state index in [4.69, 9.17) is 14.2 Å². The largest absolute Gasteiger partial charge is 0.462 e. The van der Waals surface area contributed by atoms with Gasteiger partial charge in [0.15, 0.2) is 6.10 Å². The lowest BCUT2D eigenvalue weighted by Gasteiger charge is -2.18. The Morgan fingerprint density at radius 1 is 0.280 bits per heavy atom. The summed E-state index contributed by atoms with van der Waals surface area (Å²) in [6.45, 7) is 6.30. The van der Waals surface area contributed by atoms with Gasteiger partial charge in [-0.05, 0) is 141 Å². The molecule has 0 aromatic heterocycles. The van der Waals surface area contributed by atoms with Gasteiger partial charge in [0.05, 0.1) is 0 Å². The Balaban J connectivity index is 4.54. The van der Waals surface area contributed by atoms with E-state index in [1.807, 2.05) is 0 Å². The van der Waals surface area contributed by atoms with Crippen LogP contribution in [0.2, 0.25) is 0 Å². The molecule has 0 saturated carbocycles. The highest BCUT2D eigenvalue weighted by Gasteiger charge is 2.19. The van der Waals surface area contributed by atoms with E-state index in [0.717, 1.165) is 141 Å². The van der Waals surface area contributed by atoms with E-state index in [0.29, 0.717) is 12.8 Å². The molecule has 0 heterocycles. The Labute approximate surface area is 460 Å². The van der Waals surface area contributed by atoms with Crippen molar-refractivity contribution in [2.45, 2.75) is 245 Å². The molecule has 0 rings (SSSR count). The molecule has 0 aliphatic rings. The second kappa shape index (κ2) is 61.6. The van der Waals surface area contributed by atoms with Gasteiger partial charge >= 0.3 is 17.9 Å². The van der Waals surface area contributed by atoms with Crippen LogP contribution < -0.4 is 0 Å². The fourth-order valence-electron chi connectivity index (χ4n) is 7.57. The van der Waals surface area contributed by atoms with Crippen molar-refractivity contribution < 1.29 is 28.6 Å². The van der Waals surface area contributed by atoms with Crippen molar-refractivity contribution in [2.75, 3.05) is 13.2 Å². The first-order valence-electron chi connectivity index (χ1n) is 30.0. The SMILES string of the molecule is CC/C=C\C/C=C\C/C=C\C/C=C\C/C=C\C/C=C\C/C=C\CCCC(=O)OCC(COC(=O)CCCCC/C=C\C/C=C\C/C=C\CC)OC(=O)CCCCCCCC/C=C\C/C=C\C/C=C\CCCCCCC. The van der Waals surface area contributed by atoms with E-state index in [1.165, 1.54) is 51.4 Å². The van der Waals surface area contributed by atoms with Gasteiger partial charge < -0.3 is 14.2 Å². The summed E-state index contributed by atoms with van der Waals surface area (Å²) in [5, 5.41) is 0. The number of esters is 3. The van der Waals surface area contributed by atoms with Crippen LogP contribution in [0.25, 0.3) is 0 Å². The molecule has 0 N–H and O–H groups in total. The van der Waals surface area contributed by atoms with Crippen molar-refractivity contribution in [2.24, 2.45) is 0 Å². The Hall–Kier alpha value is -4.97. The van der Waals surface area contributed by atoms with E-state index in [1.54, 1.807) is 0 Å². The normalized spacial score (nSPS) is 13.3. The summed E-state index contributed by atoms with van der Waals surface area (Å²) in [5.41, 5.74) is 0. The maximum Gasteiger partial charge on any atom is 0.306 e. The fraction of sp³-hybridized carbons (Fsp3) is 0.580. The van der Waals surface area contributed by atoms with Crippen molar-refractivity contribution in [3.8, 4) is 0 Å². The van der Waals surface area contributed by atoms with Crippen molar-refractivity contribution in [3.05, 3.63) is 158 Å². The molecular formula is C69H108O6. The molecule has 0 aromatic carbocycles. The molecule has 0 aliphatic carbocycles. The van der Waals surface area contributed by atoms with Crippen LogP contribution in [0, 0.1) is 0 Å². The summed E-state index contributed by atoms with van der Waals surface area (Å²) >= 11 is 0. The highest BCUT2D eigenvalue weighted by atomic mass is 16.6. The van der Waals surface area contributed by atoms with E-state index < -0.39 is 6.10 Å². The highest BCUT2D eigenvalue weighted by Crippen LogP contribution is 2.13. The maximum absolute atomic E-state index is 12.9. The van der Waals surface area contributed by atoms with Gasteiger partial charge in [0.1, 0.15) is 13.2 Å². The number of carbonyl (C=O) groups is 3. The summed E-state index contributed by atoms with van der Waals surface area (Å²) in [4.78, 5) is 38.2. The Morgan fingerprint density at radius 3 is 0.880 bits per heavy atom. The zero-order chi connectivity index (χ0) is 54.3. The van der Waals surface area contributed by atoms with E-state index >= 15 is 0 Å². The lowest BCUT2D eigenvalue weighted by atomic mass is 10.1. The second-order valence-electron chi connectivity index (χ2n) is 19.1. The van der Waals surface area contributed by atoms with Gasteiger partial charge in [0.25, 0.3) is 0 Å². The minimum absolute atomic E-state index is 0.124. The molecular weight excluding hydrogens is 925 g/mol. The predicted octanol–water partition coefficient (Wildman–Crippen LogP) is 20.5. The minimum Gasteiger partial charge on any atom is -0.462 e. The van der Waals surface area contributed by atoms with Crippen molar-refractivity contribution in [1.82, 2.24) is 0 Å². The molecule has 6 heteroatoms. The fourth-order valence-corrected chi connectivity index (χ4v) is 7.57. The molecule has 6 nitrogen and oxygen atoms in total. The molecule has 1 atom stereocenters. The number of unbranched alkanes of at least 4 members (excludes halogenated alkanes) is 15. The Kier molecular flexibility index (Phi) is 57.5. The molecule has 0 fully saturated rings. The van der Waals surface area contributed by atoms with Crippen LogP contribution in [0.5, 0.6) is 0 Å². The molecule has 1 unspecified atom stereocenters. The monoisotopic (exact) mass is 1030 g/mol. The lowest BCUT2D eigenvalue weighted by Crippen LogP contribution is -2.30. The molecule has 0 aromatic rings. The van der Waals surface area contributed by atoms with Crippen LogP contribution in [-0.4, -0.2) is 37.2 Å².